The van der Waals surface area contributed by atoms with Gasteiger partial charge in [0, 0.05) is 16.8 Å². The van der Waals surface area contributed by atoms with Crippen molar-refractivity contribution in [3.8, 4) is 22.6 Å². The minimum Gasteiger partial charge on any atom is -0.497 e. The Balaban J connectivity index is 2.00. The predicted molar refractivity (Wildman–Crippen MR) is 113 cm³/mol. The molecule has 0 fully saturated rings. The first-order valence-corrected chi connectivity index (χ1v) is 9.81. The molecule has 1 aliphatic heterocycles. The van der Waals surface area contributed by atoms with Gasteiger partial charge >= 0.3 is 0 Å². The molecule has 134 valence electrons. The molecule has 4 rings (SSSR count). The van der Waals surface area contributed by atoms with Crippen molar-refractivity contribution in [2.24, 2.45) is 0 Å². The van der Waals surface area contributed by atoms with Crippen LogP contribution in [0.3, 0.4) is 0 Å². The maximum atomic E-state index is 5.93. The predicted octanol–water partition coefficient (Wildman–Crippen LogP) is 6.22. The lowest BCUT2D eigenvalue weighted by Crippen LogP contribution is -2.30. The number of benzene rings is 2. The maximum absolute atomic E-state index is 5.93. The van der Waals surface area contributed by atoms with Crippen LogP contribution >= 0.6 is 23.8 Å². The molecule has 3 aromatic rings. The minimum absolute atomic E-state index is 0.180. The second-order valence-electron chi connectivity index (χ2n) is 7.33. The van der Waals surface area contributed by atoms with Gasteiger partial charge in [-0.2, -0.15) is 0 Å². The number of nitrogens with one attached hydrogen (secondary N) is 1. The number of anilines is 1. The van der Waals surface area contributed by atoms with Gasteiger partial charge in [0.15, 0.2) is 0 Å². The average Bonchev–Trinajstić information content (AvgIpc) is 2.96. The van der Waals surface area contributed by atoms with Crippen LogP contribution in [0.25, 0.3) is 16.8 Å². The van der Waals surface area contributed by atoms with Crippen LogP contribution in [0.4, 0.5) is 5.69 Å². The van der Waals surface area contributed by atoms with Crippen molar-refractivity contribution in [2.75, 3.05) is 12.4 Å². The summed E-state index contributed by atoms with van der Waals surface area (Å²) in [5.74, 6) is 0.842. The minimum atomic E-state index is -0.180. The van der Waals surface area contributed by atoms with E-state index < -0.39 is 0 Å². The molecular weight excluding hydrogens is 360 g/mol. The molecular formula is C21H22N2OS2. The zero-order valence-corrected chi connectivity index (χ0v) is 17.3. The zero-order chi connectivity index (χ0) is 18.6. The molecule has 0 bridgehead atoms. The quantitative estimate of drug-likeness (QED) is 0.533. The van der Waals surface area contributed by atoms with Gasteiger partial charge in [-0.3, -0.25) is 3.96 Å². The Morgan fingerprint density at radius 2 is 1.85 bits per heavy atom. The van der Waals surface area contributed by atoms with E-state index in [-0.39, 0.29) is 5.54 Å². The van der Waals surface area contributed by atoms with Gasteiger partial charge in [-0.25, -0.2) is 0 Å². The van der Waals surface area contributed by atoms with E-state index in [1.165, 1.54) is 16.0 Å². The summed E-state index contributed by atoms with van der Waals surface area (Å²) in [5, 5.41) is 3.65. The third-order valence-corrected chi connectivity index (χ3v) is 7.02. The Bertz CT molecular complexity index is 1080. The highest BCUT2D eigenvalue weighted by atomic mass is 32.1. The van der Waals surface area contributed by atoms with E-state index in [9.17, 15) is 0 Å². The molecule has 0 saturated carbocycles. The number of aromatic nitrogens is 1. The summed E-state index contributed by atoms with van der Waals surface area (Å²) >= 11 is 7.66. The molecule has 0 saturated heterocycles. The van der Waals surface area contributed by atoms with Crippen LogP contribution in [-0.2, 0) is 5.54 Å². The Hall–Kier alpha value is -2.11. The maximum Gasteiger partial charge on any atom is 0.129 e. The number of hydrogen-bond donors (Lipinski definition) is 1. The van der Waals surface area contributed by atoms with E-state index in [0.717, 1.165) is 32.9 Å². The van der Waals surface area contributed by atoms with Gasteiger partial charge in [0.2, 0.25) is 0 Å². The summed E-state index contributed by atoms with van der Waals surface area (Å²) in [5.41, 5.74) is 6.86. The standard InChI is InChI=1S/C21H22N2OS2/c1-12-6-7-14(10-13(12)2)23-20(25)18-16-11-15(24-5)8-9-17(16)22-21(3,4)19(18)26-23/h6-11,22H,1-5H3. The number of rotatable bonds is 2. The molecule has 3 nitrogen and oxygen atoms in total. The molecule has 0 spiro atoms. The molecule has 0 amide bonds. The van der Waals surface area contributed by atoms with Crippen LogP contribution in [0.5, 0.6) is 5.75 Å². The van der Waals surface area contributed by atoms with Crippen molar-refractivity contribution in [2.45, 2.75) is 33.2 Å². The van der Waals surface area contributed by atoms with Crippen LogP contribution in [0.1, 0.15) is 29.9 Å². The molecule has 2 heterocycles. The third-order valence-electron chi connectivity index (χ3n) is 5.04. The lowest BCUT2D eigenvalue weighted by atomic mass is 9.90. The first-order valence-electron chi connectivity index (χ1n) is 8.63. The second-order valence-corrected chi connectivity index (χ2v) is 8.67. The summed E-state index contributed by atoms with van der Waals surface area (Å²) in [4.78, 5) is 1.25. The number of aryl methyl sites for hydroxylation is 2. The monoisotopic (exact) mass is 382 g/mol. The molecule has 0 aliphatic carbocycles. The summed E-state index contributed by atoms with van der Waals surface area (Å²) in [7, 11) is 1.69. The van der Waals surface area contributed by atoms with Crippen molar-refractivity contribution in [1.82, 2.24) is 3.96 Å². The van der Waals surface area contributed by atoms with E-state index in [2.05, 4.69) is 67.3 Å². The third kappa shape index (κ3) is 2.58. The molecule has 0 radical (unpaired) electrons. The normalized spacial score (nSPS) is 14.3. The van der Waals surface area contributed by atoms with E-state index in [1.54, 1.807) is 18.6 Å². The summed E-state index contributed by atoms with van der Waals surface area (Å²) in [6.45, 7) is 8.68. The zero-order valence-electron chi connectivity index (χ0n) is 15.6. The van der Waals surface area contributed by atoms with Gasteiger partial charge in [-0.05, 0) is 69.2 Å². The van der Waals surface area contributed by atoms with Crippen LogP contribution in [0, 0.1) is 18.5 Å². The molecule has 5 heteroatoms. The van der Waals surface area contributed by atoms with Gasteiger partial charge in [-0.15, -0.1) is 0 Å². The average molecular weight is 383 g/mol. The molecule has 0 unspecified atom stereocenters. The van der Waals surface area contributed by atoms with Crippen LogP contribution in [0.15, 0.2) is 36.4 Å². The highest BCUT2D eigenvalue weighted by molar-refractivity contribution is 7.71. The first-order chi connectivity index (χ1) is 12.3. The van der Waals surface area contributed by atoms with Crippen molar-refractivity contribution < 1.29 is 4.74 Å². The molecule has 26 heavy (non-hydrogen) atoms. The lowest BCUT2D eigenvalue weighted by molar-refractivity contribution is 0.415. The van der Waals surface area contributed by atoms with Crippen molar-refractivity contribution >= 4 is 29.4 Å². The summed E-state index contributed by atoms with van der Waals surface area (Å²) in [6, 6.07) is 12.6. The van der Waals surface area contributed by atoms with Gasteiger partial charge in [-0.1, -0.05) is 29.8 Å². The van der Waals surface area contributed by atoms with E-state index in [4.69, 9.17) is 17.0 Å². The number of hydrogen-bond acceptors (Lipinski definition) is 4. The molecule has 2 aromatic carbocycles. The Morgan fingerprint density at radius 1 is 1.08 bits per heavy atom. The van der Waals surface area contributed by atoms with E-state index >= 15 is 0 Å². The topological polar surface area (TPSA) is 26.2 Å². The Kier molecular flexibility index (Phi) is 3.97. The highest BCUT2D eigenvalue weighted by Crippen LogP contribution is 2.48. The fourth-order valence-corrected chi connectivity index (χ4v) is 5.07. The fourth-order valence-electron chi connectivity index (χ4n) is 3.42. The van der Waals surface area contributed by atoms with Crippen molar-refractivity contribution in [3.63, 3.8) is 0 Å². The molecule has 1 N–H and O–H groups in total. The van der Waals surface area contributed by atoms with Crippen LogP contribution in [0.2, 0.25) is 0 Å². The van der Waals surface area contributed by atoms with Crippen molar-refractivity contribution in [3.05, 3.63) is 57.0 Å². The van der Waals surface area contributed by atoms with Crippen LogP contribution in [-0.4, -0.2) is 11.1 Å². The molecule has 0 atom stereocenters. The molecule has 1 aliphatic rings. The number of nitrogens with zero attached hydrogens (tertiary/aromatic N) is 1. The molecule has 1 aromatic heterocycles. The first kappa shape index (κ1) is 17.3. The van der Waals surface area contributed by atoms with Crippen molar-refractivity contribution in [1.29, 1.82) is 0 Å². The fraction of sp³-hybridized carbons (Fsp3) is 0.286. The highest BCUT2D eigenvalue weighted by Gasteiger charge is 2.34. The van der Waals surface area contributed by atoms with Gasteiger partial charge in [0.1, 0.15) is 10.4 Å². The smallest absolute Gasteiger partial charge is 0.129 e. The Labute approximate surface area is 163 Å². The van der Waals surface area contributed by atoms with E-state index in [0.29, 0.717) is 0 Å². The number of ether oxygens (including phenoxy) is 1. The van der Waals surface area contributed by atoms with Gasteiger partial charge in [0.05, 0.1) is 23.2 Å². The lowest BCUT2D eigenvalue weighted by Gasteiger charge is -2.33. The summed E-state index contributed by atoms with van der Waals surface area (Å²) < 4.78 is 8.47. The SMILES string of the molecule is COc1ccc2c(c1)-c1c(sn(-c3ccc(C)c(C)c3)c1=S)C(C)(C)N2. The summed E-state index contributed by atoms with van der Waals surface area (Å²) in [6.07, 6.45) is 0. The van der Waals surface area contributed by atoms with Gasteiger partial charge < -0.3 is 10.1 Å². The Morgan fingerprint density at radius 3 is 2.54 bits per heavy atom. The number of methoxy groups -OCH3 is 1. The second kappa shape index (κ2) is 5.96. The van der Waals surface area contributed by atoms with Crippen LogP contribution < -0.4 is 10.1 Å². The van der Waals surface area contributed by atoms with Gasteiger partial charge in [0.25, 0.3) is 0 Å². The largest absolute Gasteiger partial charge is 0.497 e. The number of fused-ring (bicyclic) bond motifs is 3. The van der Waals surface area contributed by atoms with E-state index in [1.807, 2.05) is 6.07 Å².